The molecule has 1 aliphatic rings. The Morgan fingerprint density at radius 3 is 2.56 bits per heavy atom. The number of carbonyl (C=O) groups excluding carboxylic acids is 1. The Bertz CT molecular complexity index is 1340. The Hall–Kier alpha value is -3.17. The lowest BCUT2D eigenvalue weighted by molar-refractivity contribution is -0.246. The number of ether oxygens (including phenoxy) is 2. The maximum absolute atomic E-state index is 12.8. The minimum atomic E-state index is -5.19. The number of aromatic nitrogens is 4. The van der Waals surface area contributed by atoms with Gasteiger partial charge in [0.05, 0.1) is 5.56 Å². The first-order chi connectivity index (χ1) is 17.0. The van der Waals surface area contributed by atoms with Gasteiger partial charge in [-0.3, -0.25) is 18.9 Å². The van der Waals surface area contributed by atoms with Crippen LogP contribution in [0, 0.1) is 0 Å². The fraction of sp³-hybridized carbons (Fsp3) is 0.400. The van der Waals surface area contributed by atoms with Crippen LogP contribution in [0.1, 0.15) is 16.6 Å². The maximum Gasteiger partial charge on any atom is 0.470 e. The summed E-state index contributed by atoms with van der Waals surface area (Å²) in [7, 11) is -1.88. The molecular formula is C20H24N5O10P. The number of hydrogen-bond donors (Lipinski definition) is 5. The number of hydrogen-bond acceptors (Lipinski definition) is 11. The third-order valence-corrected chi connectivity index (χ3v) is 5.95. The van der Waals surface area contributed by atoms with Gasteiger partial charge in [-0.2, -0.15) is 4.98 Å². The fourth-order valence-corrected chi connectivity index (χ4v) is 4.29. The highest BCUT2D eigenvalue weighted by molar-refractivity contribution is 7.46. The van der Waals surface area contributed by atoms with Crippen LogP contribution in [0.25, 0.3) is 11.2 Å². The SMILES string of the molecule is CN(C)c1nc2ncn([C@@H]3O[C@H](COC(=O)c4ccccc4)[C@@H](O)[C@H](OP(=O)(O)O)[C@H]3O)c2c(=O)[nH]1. The van der Waals surface area contributed by atoms with Crippen LogP contribution >= 0.6 is 7.82 Å². The fourth-order valence-electron chi connectivity index (χ4n) is 3.73. The predicted octanol–water partition coefficient (Wildman–Crippen LogP) is -0.860. The number of aliphatic hydroxyl groups is 2. The average molecular weight is 525 g/mol. The van der Waals surface area contributed by atoms with Gasteiger partial charge in [0, 0.05) is 14.1 Å². The van der Waals surface area contributed by atoms with Gasteiger partial charge in [0.2, 0.25) is 5.95 Å². The van der Waals surface area contributed by atoms with Gasteiger partial charge in [-0.25, -0.2) is 14.3 Å². The number of benzene rings is 1. The summed E-state index contributed by atoms with van der Waals surface area (Å²) in [4.78, 5) is 56.1. The summed E-state index contributed by atoms with van der Waals surface area (Å²) in [5.74, 6) is -0.529. The van der Waals surface area contributed by atoms with Crippen molar-refractivity contribution in [3.8, 4) is 0 Å². The molecule has 1 fully saturated rings. The number of fused-ring (bicyclic) bond motifs is 1. The molecule has 5 N–H and O–H groups in total. The minimum absolute atomic E-state index is 0.00360. The number of rotatable bonds is 7. The molecule has 5 atom stereocenters. The van der Waals surface area contributed by atoms with Crippen molar-refractivity contribution in [3.63, 3.8) is 0 Å². The molecule has 2 aromatic heterocycles. The molecule has 15 nitrogen and oxygen atoms in total. The first-order valence-electron chi connectivity index (χ1n) is 10.6. The number of nitrogens with zero attached hydrogens (tertiary/aromatic N) is 4. The summed E-state index contributed by atoms with van der Waals surface area (Å²) in [5.41, 5.74) is -0.528. The second-order valence-corrected chi connectivity index (χ2v) is 9.37. The van der Waals surface area contributed by atoms with Crippen molar-refractivity contribution in [1.82, 2.24) is 19.5 Å². The largest absolute Gasteiger partial charge is 0.470 e. The van der Waals surface area contributed by atoms with Crippen molar-refractivity contribution in [2.75, 3.05) is 25.6 Å². The zero-order chi connectivity index (χ0) is 26.2. The molecule has 0 radical (unpaired) electrons. The number of aliphatic hydroxyl groups excluding tert-OH is 2. The molecule has 0 amide bonds. The van der Waals surface area contributed by atoms with Gasteiger partial charge in [0.1, 0.15) is 37.4 Å². The lowest BCUT2D eigenvalue weighted by atomic mass is 9.98. The molecule has 4 rings (SSSR count). The van der Waals surface area contributed by atoms with E-state index in [1.165, 1.54) is 12.1 Å². The van der Waals surface area contributed by atoms with Crippen molar-refractivity contribution < 1.29 is 43.4 Å². The first kappa shape index (κ1) is 25.9. The molecule has 0 saturated carbocycles. The molecule has 0 bridgehead atoms. The summed E-state index contributed by atoms with van der Waals surface area (Å²) < 4.78 is 28.2. The summed E-state index contributed by atoms with van der Waals surface area (Å²) in [6.45, 7) is -0.564. The second-order valence-electron chi connectivity index (χ2n) is 8.18. The van der Waals surface area contributed by atoms with Crippen molar-refractivity contribution >= 4 is 30.9 Å². The number of nitrogens with one attached hydrogen (secondary N) is 1. The Morgan fingerprint density at radius 2 is 1.92 bits per heavy atom. The Morgan fingerprint density at radius 1 is 1.22 bits per heavy atom. The van der Waals surface area contributed by atoms with E-state index in [2.05, 4.69) is 19.5 Å². The Kier molecular flexibility index (Phi) is 7.24. The summed E-state index contributed by atoms with van der Waals surface area (Å²) in [6, 6.07) is 7.96. The monoisotopic (exact) mass is 525 g/mol. The number of esters is 1. The van der Waals surface area contributed by atoms with E-state index >= 15 is 0 Å². The van der Waals surface area contributed by atoms with Crippen LogP contribution in [0.5, 0.6) is 0 Å². The van der Waals surface area contributed by atoms with Gasteiger partial charge >= 0.3 is 13.8 Å². The third kappa shape index (κ3) is 5.32. The van der Waals surface area contributed by atoms with Crippen molar-refractivity contribution in [3.05, 3.63) is 52.6 Å². The molecule has 1 saturated heterocycles. The van der Waals surface area contributed by atoms with E-state index in [9.17, 15) is 34.2 Å². The number of imidazole rings is 1. The number of aromatic amines is 1. The predicted molar refractivity (Wildman–Crippen MR) is 122 cm³/mol. The molecule has 0 aliphatic carbocycles. The molecule has 1 aromatic carbocycles. The van der Waals surface area contributed by atoms with Gasteiger partial charge in [0.15, 0.2) is 17.4 Å². The number of carbonyl (C=O) groups is 1. The standard InChI is InChI=1S/C20H24N5O10P/c1-24(2)20-22-16-12(17(28)23-20)25(9-21-16)18-14(27)15(35-36(30,31)32)13(26)11(34-18)8-33-19(29)10-6-4-3-5-7-10/h3-7,9,11,13-15,18,26-27H,8H2,1-2H3,(H,22,23,28)(H2,30,31,32)/t11-,13-,14-,15+,18-/m1/s1. The molecule has 3 aromatic rings. The summed E-state index contributed by atoms with van der Waals surface area (Å²) >= 11 is 0. The Labute approximate surface area is 203 Å². The van der Waals surface area contributed by atoms with Crippen LogP contribution in [0.2, 0.25) is 0 Å². The molecule has 0 unspecified atom stereocenters. The van der Waals surface area contributed by atoms with Gasteiger partial charge in [-0.05, 0) is 12.1 Å². The quantitative estimate of drug-likeness (QED) is 0.188. The Balaban J connectivity index is 1.67. The average Bonchev–Trinajstić information content (AvgIpc) is 3.25. The van der Waals surface area contributed by atoms with Crippen molar-refractivity contribution in [2.24, 2.45) is 0 Å². The van der Waals surface area contributed by atoms with E-state index < -0.39 is 56.6 Å². The van der Waals surface area contributed by atoms with Crippen LogP contribution in [-0.4, -0.2) is 90.6 Å². The summed E-state index contributed by atoms with van der Waals surface area (Å²) in [5, 5.41) is 21.5. The smallest absolute Gasteiger partial charge is 0.459 e. The number of anilines is 1. The lowest BCUT2D eigenvalue weighted by Gasteiger charge is -2.42. The highest BCUT2D eigenvalue weighted by Crippen LogP contribution is 2.43. The van der Waals surface area contributed by atoms with Crippen molar-refractivity contribution in [2.45, 2.75) is 30.6 Å². The molecule has 0 spiro atoms. The van der Waals surface area contributed by atoms with Crippen LogP contribution in [-0.2, 0) is 18.6 Å². The summed E-state index contributed by atoms with van der Waals surface area (Å²) in [6.07, 6.45) is -7.37. The zero-order valence-corrected chi connectivity index (χ0v) is 19.9. The lowest BCUT2D eigenvalue weighted by Crippen LogP contribution is -2.57. The zero-order valence-electron chi connectivity index (χ0n) is 19.0. The van der Waals surface area contributed by atoms with Crippen LogP contribution in [0.3, 0.4) is 0 Å². The molecule has 36 heavy (non-hydrogen) atoms. The van der Waals surface area contributed by atoms with Gasteiger partial charge in [-0.15, -0.1) is 0 Å². The molecular weight excluding hydrogens is 501 g/mol. The molecule has 16 heteroatoms. The van der Waals surface area contributed by atoms with E-state index in [4.69, 9.17) is 9.47 Å². The van der Waals surface area contributed by atoms with E-state index in [0.717, 1.165) is 10.9 Å². The topological polar surface area (TPSA) is 210 Å². The van der Waals surface area contributed by atoms with E-state index in [1.54, 1.807) is 37.2 Å². The van der Waals surface area contributed by atoms with Crippen molar-refractivity contribution in [1.29, 1.82) is 0 Å². The van der Waals surface area contributed by atoms with Gasteiger partial charge in [0.25, 0.3) is 5.56 Å². The molecule has 3 heterocycles. The molecule has 194 valence electrons. The number of phosphoric acid groups is 1. The molecule has 1 aliphatic heterocycles. The van der Waals surface area contributed by atoms with Gasteiger partial charge in [-0.1, -0.05) is 18.2 Å². The van der Waals surface area contributed by atoms with Crippen LogP contribution in [0.4, 0.5) is 5.95 Å². The first-order valence-corrected chi connectivity index (χ1v) is 12.1. The minimum Gasteiger partial charge on any atom is -0.459 e. The normalized spacial score (nSPS) is 24.6. The van der Waals surface area contributed by atoms with E-state index in [1.807, 2.05) is 0 Å². The van der Waals surface area contributed by atoms with Gasteiger partial charge < -0.3 is 34.4 Å². The highest BCUT2D eigenvalue weighted by atomic mass is 31.2. The number of H-pyrrole nitrogens is 1. The third-order valence-electron chi connectivity index (χ3n) is 5.43. The van der Waals surface area contributed by atoms with E-state index in [-0.39, 0.29) is 22.7 Å². The maximum atomic E-state index is 12.8. The van der Waals surface area contributed by atoms with Crippen LogP contribution < -0.4 is 10.5 Å². The van der Waals surface area contributed by atoms with Crippen LogP contribution in [0.15, 0.2) is 41.5 Å². The van der Waals surface area contributed by atoms with E-state index in [0.29, 0.717) is 0 Å². The highest BCUT2D eigenvalue weighted by Gasteiger charge is 2.49. The number of phosphoric ester groups is 1. The second kappa shape index (κ2) is 10.1.